The zero-order valence-corrected chi connectivity index (χ0v) is 39.8. The molecule has 0 fully saturated rings. The van der Waals surface area contributed by atoms with E-state index in [1.54, 1.807) is 19.3 Å². The van der Waals surface area contributed by atoms with Gasteiger partial charge in [0.15, 0.2) is 6.61 Å². The van der Waals surface area contributed by atoms with Crippen molar-refractivity contribution in [2.45, 2.75) is 34.0 Å². The summed E-state index contributed by atoms with van der Waals surface area (Å²) in [5.41, 5.74) is 3.29. The molecular weight excluding hydrogens is 931 g/mol. The maximum atomic E-state index is 11.7. The Morgan fingerprint density at radius 1 is 0.677 bits per heavy atom. The van der Waals surface area contributed by atoms with Crippen molar-refractivity contribution in [1.29, 1.82) is 0 Å². The van der Waals surface area contributed by atoms with Gasteiger partial charge in [-0.25, -0.2) is 29.1 Å². The first-order chi connectivity index (χ1) is 30.0. The largest absolute Gasteiger partial charge is 1.00 e. The molecule has 0 spiro atoms. The number of nitrogens with one attached hydrogen (secondary N) is 5. The van der Waals surface area contributed by atoms with Gasteiger partial charge in [0.25, 0.3) is 11.7 Å². The standard InChI is InChI=1S/C18H20N4O6S.C12H17N3O4.C6H5NO3S.C2H4O2.ClH.Na/c1-12-21-14(11-29-12)16(17(24)25)22-28-10-15(23)19-7-8-20-18(26)27-9-13-5-3-2-4-6-13;16-11(8-15-18)13-6-7-14-12(17)19-9-10-4-2-1-3-5-10;1-3-7-4(2-11-3)5(8)6(9)10;1-2(3)4;;/h2-6,11H,7-10H2,1H3,(H,19,23)(H,20,26)(H,24,25);1-5,15,18H,6-9H2,(H,13,16)(H,14,17);2H,1H3,(H,9,10);1H3,(H,3,4);1H;/q;;;;;+1/p-1/b22-16-;;;;;. The van der Waals surface area contributed by atoms with Gasteiger partial charge in [0.2, 0.25) is 11.6 Å². The van der Waals surface area contributed by atoms with Gasteiger partial charge in [0.1, 0.15) is 24.6 Å². The first-order valence-electron chi connectivity index (χ1n) is 18.0. The van der Waals surface area contributed by atoms with Crippen LogP contribution in [0.4, 0.5) is 9.59 Å². The number of carboxylic acid groups (broad SMARTS) is 3. The third-order valence-electron chi connectivity index (χ3n) is 6.56. The Hall–Kier alpha value is -6.06. The van der Waals surface area contributed by atoms with Crippen LogP contribution in [0.5, 0.6) is 0 Å². The number of thiazole rings is 2. The number of benzene rings is 2. The number of Topliss-reactive ketones (excluding diaryl/α,β-unsaturated/α-hetero) is 1. The molecule has 0 saturated carbocycles. The zero-order valence-electron chi connectivity index (χ0n) is 35.4. The van der Waals surface area contributed by atoms with E-state index in [9.17, 15) is 33.6 Å². The topological polar surface area (TPSA) is 346 Å². The second-order valence-electron chi connectivity index (χ2n) is 11.7. The molecule has 0 unspecified atom stereocenters. The van der Waals surface area contributed by atoms with E-state index in [-0.39, 0.29) is 111 Å². The Labute approximate surface area is 408 Å². The van der Waals surface area contributed by atoms with Crippen molar-refractivity contribution in [2.75, 3.05) is 39.3 Å². The number of oxime groups is 1. The molecule has 4 rings (SSSR count). The molecule has 4 aromatic rings. The maximum Gasteiger partial charge on any atom is 1.00 e. The number of halogens is 1. The number of aryl methyl sites for hydroxylation is 2. The minimum atomic E-state index is -1.46. The van der Waals surface area contributed by atoms with Crippen molar-refractivity contribution in [1.82, 2.24) is 36.7 Å². The van der Waals surface area contributed by atoms with Crippen molar-refractivity contribution < 1.29 is 103 Å². The molecule has 27 heteroatoms. The van der Waals surface area contributed by atoms with Crippen molar-refractivity contribution in [2.24, 2.45) is 5.16 Å². The number of nitrogens with zero attached hydrogens (tertiary/aromatic N) is 3. The number of ether oxygens (including phenoxy) is 2. The molecule has 2 aromatic carbocycles. The fourth-order valence-electron chi connectivity index (χ4n) is 3.87. The van der Waals surface area contributed by atoms with Crippen LogP contribution in [0.25, 0.3) is 0 Å². The van der Waals surface area contributed by atoms with E-state index in [0.29, 0.717) is 10.0 Å². The summed E-state index contributed by atoms with van der Waals surface area (Å²) < 4.78 is 9.99. The molecule has 0 radical (unpaired) electrons. The number of carbonyl (C=O) groups excluding carboxylic acids is 6. The van der Waals surface area contributed by atoms with Crippen LogP contribution in [-0.2, 0) is 51.5 Å². The summed E-state index contributed by atoms with van der Waals surface area (Å²) in [6.45, 7) is 4.92. The Balaban J connectivity index is 0. The third kappa shape index (κ3) is 30.6. The fourth-order valence-corrected chi connectivity index (χ4v) is 5.06. The minimum absolute atomic E-state index is 0. The fraction of sp³-hybridized carbons (Fsp3) is 0.289. The number of aliphatic carboxylic acids is 3. The summed E-state index contributed by atoms with van der Waals surface area (Å²) in [6, 6.07) is 18.5. The van der Waals surface area contributed by atoms with Crippen molar-refractivity contribution >= 4 is 88.5 Å². The molecule has 2 aromatic heterocycles. The molecule has 0 atom stereocenters. The van der Waals surface area contributed by atoms with E-state index in [1.807, 2.05) is 60.7 Å². The molecule has 2 heterocycles. The van der Waals surface area contributed by atoms with Crippen molar-refractivity contribution in [3.8, 4) is 0 Å². The summed E-state index contributed by atoms with van der Waals surface area (Å²) >= 11 is 2.53. The molecule has 8 N–H and O–H groups in total. The average molecular weight is 977 g/mol. The van der Waals surface area contributed by atoms with Crippen LogP contribution in [0, 0.1) is 13.8 Å². The van der Waals surface area contributed by atoms with Gasteiger partial charge in [-0.05, 0) is 31.9 Å². The van der Waals surface area contributed by atoms with Gasteiger partial charge in [0, 0.05) is 42.9 Å². The zero-order chi connectivity index (χ0) is 47.0. The third-order valence-corrected chi connectivity index (χ3v) is 8.11. The van der Waals surface area contributed by atoms with Crippen LogP contribution < -0.4 is 61.4 Å². The summed E-state index contributed by atoms with van der Waals surface area (Å²) in [7, 11) is 0. The molecule has 0 bridgehead atoms. The van der Waals surface area contributed by atoms with Gasteiger partial charge in [-0.15, -0.1) is 35.1 Å². The molecule has 0 saturated heterocycles. The molecule has 348 valence electrons. The van der Waals surface area contributed by atoms with Crippen molar-refractivity contribution in [3.05, 3.63) is 104 Å². The van der Waals surface area contributed by atoms with E-state index < -0.39 is 48.4 Å². The predicted molar refractivity (Wildman–Crippen MR) is 229 cm³/mol. The molecular formula is C38H46ClN8NaO15S2. The number of amides is 4. The van der Waals surface area contributed by atoms with Gasteiger partial charge in [-0.3, -0.25) is 14.4 Å². The second-order valence-corrected chi connectivity index (χ2v) is 13.8. The van der Waals surface area contributed by atoms with Crippen LogP contribution in [0.15, 0.2) is 76.6 Å². The molecule has 0 aliphatic heterocycles. The number of carbonyl (C=O) groups is 8. The van der Waals surface area contributed by atoms with E-state index in [2.05, 4.69) is 36.4 Å². The maximum absolute atomic E-state index is 11.7. The molecule has 0 aliphatic rings. The Morgan fingerprint density at radius 3 is 1.48 bits per heavy atom. The number of rotatable bonds is 19. The number of hydrogen-bond donors (Lipinski definition) is 8. The number of hydroxylamine groups is 1. The molecule has 65 heavy (non-hydrogen) atoms. The van der Waals surface area contributed by atoms with Gasteiger partial charge < -0.3 is 60.9 Å². The van der Waals surface area contributed by atoms with Crippen LogP contribution in [0.1, 0.15) is 44.2 Å². The molecule has 0 aliphatic carbocycles. The number of hydrogen-bond acceptors (Lipinski definition) is 19. The number of carboxylic acids is 3. The monoisotopic (exact) mass is 976 g/mol. The molecule has 4 amide bonds. The SMILES string of the molecule is CC(=O)[O-].Cc1nc(/C(=N/OCC(=O)NCCNC(=O)OCc2ccccc2)C(=O)O)cs1.Cc1nc(C(=O)C(=O)O)cs1.Cl.O=C(CNO)NCCNC(=O)OCc1ccccc1.[Na+]. The van der Waals surface area contributed by atoms with Crippen molar-refractivity contribution in [3.63, 3.8) is 0 Å². The van der Waals surface area contributed by atoms with Crippen LogP contribution in [-0.4, -0.2) is 118 Å². The minimum Gasteiger partial charge on any atom is -0.550 e. The van der Waals surface area contributed by atoms with Gasteiger partial charge >= 0.3 is 53.7 Å². The quantitative estimate of drug-likeness (QED) is 0.0128. The van der Waals surface area contributed by atoms with Crippen LogP contribution in [0.2, 0.25) is 0 Å². The van der Waals surface area contributed by atoms with E-state index >= 15 is 0 Å². The smallest absolute Gasteiger partial charge is 0.550 e. The van der Waals surface area contributed by atoms with E-state index in [0.717, 1.165) is 18.1 Å². The number of aromatic nitrogens is 2. The Kier molecular flexibility index (Phi) is 34.1. The van der Waals surface area contributed by atoms with Gasteiger partial charge in [-0.2, -0.15) is 5.48 Å². The number of ketones is 1. The summed E-state index contributed by atoms with van der Waals surface area (Å²) in [5.74, 6) is -5.69. The summed E-state index contributed by atoms with van der Waals surface area (Å²) in [4.78, 5) is 98.9. The summed E-state index contributed by atoms with van der Waals surface area (Å²) in [6.07, 6.45) is -1.15. The Bertz CT molecular complexity index is 2110. The average Bonchev–Trinajstić information content (AvgIpc) is 3.89. The first-order valence-corrected chi connectivity index (χ1v) is 19.8. The Morgan fingerprint density at radius 2 is 1.09 bits per heavy atom. The second kappa shape index (κ2) is 36.3. The van der Waals surface area contributed by atoms with Crippen LogP contribution >= 0.6 is 35.1 Å². The predicted octanol–water partition coefficient (Wildman–Crippen LogP) is -1.79. The number of alkyl carbamates (subject to hydrolysis) is 2. The van der Waals surface area contributed by atoms with Gasteiger partial charge in [0.05, 0.1) is 16.6 Å². The normalized spacial score (nSPS) is 9.69. The van der Waals surface area contributed by atoms with Gasteiger partial charge in [-0.1, -0.05) is 65.8 Å². The summed E-state index contributed by atoms with van der Waals surface area (Å²) in [5, 5.41) is 52.3. The van der Waals surface area contributed by atoms with E-state index in [4.69, 9.17) is 39.6 Å². The molecule has 23 nitrogen and oxygen atoms in total. The first kappa shape index (κ1) is 61.0. The van der Waals surface area contributed by atoms with E-state index in [1.165, 1.54) is 33.4 Å². The van der Waals surface area contributed by atoms with Crippen LogP contribution in [0.3, 0.4) is 0 Å².